The number of aryl methyl sites for hydroxylation is 1. The average Bonchev–Trinajstić information content (AvgIpc) is 3.38. The van der Waals surface area contributed by atoms with Crippen molar-refractivity contribution in [2.75, 3.05) is 44.7 Å². The predicted octanol–water partition coefficient (Wildman–Crippen LogP) is 2.09. The molecule has 0 radical (unpaired) electrons. The van der Waals surface area contributed by atoms with Crippen molar-refractivity contribution < 1.29 is 9.90 Å². The molecular formula is C23H31N5O2. The van der Waals surface area contributed by atoms with Gasteiger partial charge in [0.05, 0.1) is 6.54 Å². The number of aliphatic hydroxyl groups is 1. The molecule has 3 heterocycles. The minimum absolute atomic E-state index is 0.0625. The summed E-state index contributed by atoms with van der Waals surface area (Å²) in [6, 6.07) is 9.81. The maximum absolute atomic E-state index is 12.9. The lowest BCUT2D eigenvalue weighted by molar-refractivity contribution is 0.0264. The Kier molecular flexibility index (Phi) is 6.01. The van der Waals surface area contributed by atoms with Gasteiger partial charge in [-0.25, -0.2) is 9.97 Å². The number of anilines is 1. The van der Waals surface area contributed by atoms with Crippen LogP contribution < -0.4 is 4.90 Å². The van der Waals surface area contributed by atoms with E-state index < -0.39 is 5.60 Å². The lowest BCUT2D eigenvalue weighted by Crippen LogP contribution is -2.46. The number of nitrogens with zero attached hydrogens (tertiary/aromatic N) is 5. The molecule has 30 heavy (non-hydrogen) atoms. The van der Waals surface area contributed by atoms with E-state index in [0.29, 0.717) is 31.6 Å². The first-order chi connectivity index (χ1) is 14.4. The highest BCUT2D eigenvalue weighted by molar-refractivity contribution is 5.94. The van der Waals surface area contributed by atoms with Crippen LogP contribution in [-0.2, 0) is 6.54 Å². The van der Waals surface area contributed by atoms with E-state index in [9.17, 15) is 9.90 Å². The average molecular weight is 410 g/mol. The molecule has 0 saturated carbocycles. The van der Waals surface area contributed by atoms with E-state index in [2.05, 4.69) is 19.8 Å². The Morgan fingerprint density at radius 2 is 1.90 bits per heavy atom. The fourth-order valence-corrected chi connectivity index (χ4v) is 4.48. The molecule has 4 rings (SSSR count). The summed E-state index contributed by atoms with van der Waals surface area (Å²) in [6.45, 7) is 6.65. The molecule has 2 saturated heterocycles. The van der Waals surface area contributed by atoms with E-state index in [1.807, 2.05) is 37.3 Å². The summed E-state index contributed by atoms with van der Waals surface area (Å²) in [4.78, 5) is 27.5. The second kappa shape index (κ2) is 8.70. The molecule has 1 amide bonds. The first-order valence-corrected chi connectivity index (χ1v) is 10.7. The lowest BCUT2D eigenvalue weighted by Gasteiger charge is -2.29. The quantitative estimate of drug-likeness (QED) is 0.788. The van der Waals surface area contributed by atoms with Gasteiger partial charge < -0.3 is 14.9 Å². The van der Waals surface area contributed by atoms with Gasteiger partial charge in [-0.15, -0.1) is 0 Å². The zero-order chi connectivity index (χ0) is 21.1. The minimum atomic E-state index is -0.945. The van der Waals surface area contributed by atoms with Gasteiger partial charge in [0.15, 0.2) is 0 Å². The van der Waals surface area contributed by atoms with Gasteiger partial charge in [0, 0.05) is 44.0 Å². The second-order valence-electron chi connectivity index (χ2n) is 8.75. The molecule has 1 atom stereocenters. The Labute approximate surface area is 178 Å². The van der Waals surface area contributed by atoms with Crippen LogP contribution in [0, 0.1) is 6.92 Å². The highest BCUT2D eigenvalue weighted by atomic mass is 16.3. The Bertz CT molecular complexity index is 881. The highest BCUT2D eigenvalue weighted by Crippen LogP contribution is 2.26. The first-order valence-electron chi connectivity index (χ1n) is 10.7. The summed E-state index contributed by atoms with van der Waals surface area (Å²) in [5, 5.41) is 11.1. The monoisotopic (exact) mass is 409 g/mol. The van der Waals surface area contributed by atoms with Crippen molar-refractivity contribution in [2.24, 2.45) is 0 Å². The zero-order valence-electron chi connectivity index (χ0n) is 17.9. The maximum Gasteiger partial charge on any atom is 0.253 e. The van der Waals surface area contributed by atoms with Crippen molar-refractivity contribution in [3.8, 4) is 0 Å². The molecule has 1 N–H and O–H groups in total. The molecule has 2 fully saturated rings. The van der Waals surface area contributed by atoms with Gasteiger partial charge in [-0.2, -0.15) is 0 Å². The number of carbonyl (C=O) groups is 1. The molecule has 0 unspecified atom stereocenters. The van der Waals surface area contributed by atoms with Crippen molar-refractivity contribution in [1.29, 1.82) is 0 Å². The van der Waals surface area contributed by atoms with Gasteiger partial charge in [-0.1, -0.05) is 12.1 Å². The van der Waals surface area contributed by atoms with Crippen LogP contribution in [-0.4, -0.2) is 76.2 Å². The van der Waals surface area contributed by atoms with Gasteiger partial charge in [0.25, 0.3) is 5.91 Å². The van der Waals surface area contributed by atoms with Crippen molar-refractivity contribution in [3.63, 3.8) is 0 Å². The number of aromatic nitrogens is 2. The summed E-state index contributed by atoms with van der Waals surface area (Å²) >= 11 is 0. The molecule has 7 heteroatoms. The summed E-state index contributed by atoms with van der Waals surface area (Å²) in [5.74, 6) is 0.758. The molecular weight excluding hydrogens is 378 g/mol. The topological polar surface area (TPSA) is 72.8 Å². The Morgan fingerprint density at radius 1 is 1.17 bits per heavy atom. The fraction of sp³-hybridized carbons (Fsp3) is 0.522. The first kappa shape index (κ1) is 20.8. The van der Waals surface area contributed by atoms with Crippen LogP contribution in [0.3, 0.4) is 0 Å². The molecule has 0 spiro atoms. The smallest absolute Gasteiger partial charge is 0.253 e. The molecule has 160 valence electrons. The fourth-order valence-electron chi connectivity index (χ4n) is 4.48. The maximum atomic E-state index is 12.9. The Balaban J connectivity index is 1.34. The van der Waals surface area contributed by atoms with Crippen LogP contribution >= 0.6 is 0 Å². The van der Waals surface area contributed by atoms with Crippen molar-refractivity contribution in [3.05, 3.63) is 53.5 Å². The molecule has 0 aliphatic carbocycles. The minimum Gasteiger partial charge on any atom is -0.386 e. The normalized spacial score (nSPS) is 21.9. The highest BCUT2D eigenvalue weighted by Gasteiger charge is 2.38. The number of benzene rings is 1. The summed E-state index contributed by atoms with van der Waals surface area (Å²) in [6.07, 6.45) is 4.70. The van der Waals surface area contributed by atoms with Gasteiger partial charge in [-0.3, -0.25) is 9.69 Å². The largest absolute Gasteiger partial charge is 0.386 e. The molecule has 1 aromatic carbocycles. The number of carbonyl (C=O) groups excluding carboxylic acids is 1. The second-order valence-corrected chi connectivity index (χ2v) is 8.75. The van der Waals surface area contributed by atoms with Crippen LogP contribution in [0.5, 0.6) is 0 Å². The Hall–Kier alpha value is -2.51. The molecule has 2 aliphatic heterocycles. The van der Waals surface area contributed by atoms with Gasteiger partial charge in [0.2, 0.25) is 0 Å². The number of rotatable bonds is 6. The van der Waals surface area contributed by atoms with Crippen LogP contribution in [0.15, 0.2) is 36.7 Å². The molecule has 0 bridgehead atoms. The van der Waals surface area contributed by atoms with Gasteiger partial charge in [-0.05, 0) is 57.0 Å². The van der Waals surface area contributed by atoms with E-state index in [4.69, 9.17) is 0 Å². The van der Waals surface area contributed by atoms with E-state index >= 15 is 0 Å². The number of β-amino-alcohol motifs (C(OH)–C–C–N with tert-alkyl or cyclic N) is 1. The van der Waals surface area contributed by atoms with Gasteiger partial charge in [0.1, 0.15) is 17.7 Å². The summed E-state index contributed by atoms with van der Waals surface area (Å²) in [5.41, 5.74) is 1.85. The molecule has 7 nitrogen and oxygen atoms in total. The van der Waals surface area contributed by atoms with Crippen LogP contribution in [0.4, 0.5) is 5.82 Å². The van der Waals surface area contributed by atoms with Crippen LogP contribution in [0.2, 0.25) is 0 Å². The number of likely N-dealkylation sites (tertiary alicyclic amines) is 1. The third kappa shape index (κ3) is 4.79. The van der Waals surface area contributed by atoms with E-state index in [1.54, 1.807) is 18.3 Å². The predicted molar refractivity (Wildman–Crippen MR) is 116 cm³/mol. The molecule has 1 aromatic heterocycles. The lowest BCUT2D eigenvalue weighted by atomic mass is 10.0. The van der Waals surface area contributed by atoms with E-state index in [-0.39, 0.29) is 5.91 Å². The van der Waals surface area contributed by atoms with E-state index in [0.717, 1.165) is 31.1 Å². The number of amides is 1. The Morgan fingerprint density at radius 3 is 2.60 bits per heavy atom. The van der Waals surface area contributed by atoms with Crippen LogP contribution in [0.1, 0.15) is 40.9 Å². The van der Waals surface area contributed by atoms with Gasteiger partial charge >= 0.3 is 0 Å². The number of hydrogen-bond donors (Lipinski definition) is 1. The number of likely N-dealkylation sites (N-methyl/N-ethyl adjacent to an activating group) is 1. The third-order valence-corrected chi connectivity index (χ3v) is 6.13. The van der Waals surface area contributed by atoms with Crippen LogP contribution in [0.25, 0.3) is 0 Å². The summed E-state index contributed by atoms with van der Waals surface area (Å²) in [7, 11) is 1.76. The zero-order valence-corrected chi connectivity index (χ0v) is 17.9. The standard InChI is InChI=1S/C23H31N5O2/c1-18-13-21(25-17-24-18)28-12-9-23(30,16-28)15-26(2)22(29)20-7-5-19(6-8-20)14-27-10-3-4-11-27/h5-8,13,17,30H,3-4,9-12,14-16H2,1-2H3/t23-/m1/s1. The summed E-state index contributed by atoms with van der Waals surface area (Å²) < 4.78 is 0. The molecule has 2 aromatic rings. The van der Waals surface area contributed by atoms with Crippen molar-refractivity contribution in [1.82, 2.24) is 19.8 Å². The molecule has 2 aliphatic rings. The third-order valence-electron chi connectivity index (χ3n) is 6.13. The van der Waals surface area contributed by atoms with E-state index in [1.165, 1.54) is 18.4 Å². The number of hydrogen-bond acceptors (Lipinski definition) is 6. The van der Waals surface area contributed by atoms with Crippen molar-refractivity contribution >= 4 is 11.7 Å². The SMILES string of the molecule is Cc1cc(N2CC[C@@](O)(CN(C)C(=O)c3ccc(CN4CCCC4)cc3)C2)ncn1. The van der Waals surface area contributed by atoms with Crippen molar-refractivity contribution in [2.45, 2.75) is 38.3 Å².